The molecule has 2 fully saturated rings. The van der Waals surface area contributed by atoms with Crippen molar-refractivity contribution in [2.24, 2.45) is 11.3 Å². The summed E-state index contributed by atoms with van der Waals surface area (Å²) in [4.78, 5) is 18.5. The standard InChI is InChI=1S/C18H26N2O3/c1-2-22-12-17(21)20-10-15-6-5-8-18(15,13-20)14-23-11-16-7-3-4-9-19-16/h3-4,7,9,15H,2,5-6,8,10-14H2,1H3/t15-,18+/m0/s1. The Hall–Kier alpha value is -1.46. The largest absolute Gasteiger partial charge is 0.375 e. The van der Waals surface area contributed by atoms with Crippen LogP contribution in [-0.4, -0.2) is 48.7 Å². The fourth-order valence-corrected chi connectivity index (χ4v) is 3.96. The molecule has 1 saturated heterocycles. The van der Waals surface area contributed by atoms with Crippen molar-refractivity contribution in [2.45, 2.75) is 32.8 Å². The fraction of sp³-hybridized carbons (Fsp3) is 0.667. The van der Waals surface area contributed by atoms with E-state index in [0.29, 0.717) is 25.7 Å². The minimum Gasteiger partial charge on any atom is -0.375 e. The summed E-state index contributed by atoms with van der Waals surface area (Å²) < 4.78 is 11.3. The van der Waals surface area contributed by atoms with Gasteiger partial charge in [-0.3, -0.25) is 9.78 Å². The van der Waals surface area contributed by atoms with Crippen LogP contribution in [0, 0.1) is 11.3 Å². The molecule has 0 bridgehead atoms. The van der Waals surface area contributed by atoms with Crippen LogP contribution < -0.4 is 0 Å². The molecule has 1 saturated carbocycles. The fourth-order valence-electron chi connectivity index (χ4n) is 3.96. The molecule has 1 aliphatic heterocycles. The SMILES string of the molecule is CCOCC(=O)N1C[C@@H]2CCC[C@]2(COCc2ccccn2)C1. The molecule has 2 aliphatic rings. The predicted octanol–water partition coefficient (Wildman–Crippen LogP) is 2.26. The molecule has 1 amide bonds. The Morgan fingerprint density at radius 1 is 1.43 bits per heavy atom. The van der Waals surface area contributed by atoms with Gasteiger partial charge in [0.1, 0.15) is 6.61 Å². The number of carbonyl (C=O) groups excluding carboxylic acids is 1. The lowest BCUT2D eigenvalue weighted by atomic mass is 9.81. The maximum absolute atomic E-state index is 12.2. The second-order valence-electron chi connectivity index (χ2n) is 6.68. The number of nitrogens with zero attached hydrogens (tertiary/aromatic N) is 2. The molecule has 1 aromatic rings. The van der Waals surface area contributed by atoms with Crippen LogP contribution in [0.2, 0.25) is 0 Å². The Kier molecular flexibility index (Phi) is 5.28. The van der Waals surface area contributed by atoms with E-state index >= 15 is 0 Å². The molecule has 0 spiro atoms. The summed E-state index contributed by atoms with van der Waals surface area (Å²) in [5, 5.41) is 0. The zero-order chi connectivity index (χ0) is 16.1. The number of ether oxygens (including phenoxy) is 2. The van der Waals surface area contributed by atoms with Gasteiger partial charge in [-0.1, -0.05) is 12.5 Å². The van der Waals surface area contributed by atoms with Crippen LogP contribution in [0.25, 0.3) is 0 Å². The third-order valence-electron chi connectivity index (χ3n) is 5.19. The molecule has 1 aliphatic carbocycles. The molecule has 0 unspecified atom stereocenters. The van der Waals surface area contributed by atoms with E-state index in [1.165, 1.54) is 12.8 Å². The summed E-state index contributed by atoms with van der Waals surface area (Å²) in [6, 6.07) is 5.87. The summed E-state index contributed by atoms with van der Waals surface area (Å²) in [5.41, 5.74) is 1.09. The molecule has 5 heteroatoms. The van der Waals surface area contributed by atoms with Crippen LogP contribution in [0.5, 0.6) is 0 Å². The number of rotatable bonds is 7. The first-order valence-corrected chi connectivity index (χ1v) is 8.57. The van der Waals surface area contributed by atoms with Crippen LogP contribution in [0.4, 0.5) is 0 Å². The van der Waals surface area contributed by atoms with E-state index in [4.69, 9.17) is 9.47 Å². The lowest BCUT2D eigenvalue weighted by molar-refractivity contribution is -0.135. The number of hydrogen-bond acceptors (Lipinski definition) is 4. The summed E-state index contributed by atoms with van der Waals surface area (Å²) in [6.45, 7) is 5.63. The van der Waals surface area contributed by atoms with Gasteiger partial charge in [0.05, 0.1) is 18.9 Å². The van der Waals surface area contributed by atoms with Crippen molar-refractivity contribution in [1.82, 2.24) is 9.88 Å². The van der Waals surface area contributed by atoms with Crippen molar-refractivity contribution in [3.63, 3.8) is 0 Å². The van der Waals surface area contributed by atoms with Gasteiger partial charge in [0.15, 0.2) is 0 Å². The zero-order valence-electron chi connectivity index (χ0n) is 13.9. The number of likely N-dealkylation sites (tertiary alicyclic amines) is 1. The molecule has 5 nitrogen and oxygen atoms in total. The van der Waals surface area contributed by atoms with E-state index in [-0.39, 0.29) is 17.9 Å². The van der Waals surface area contributed by atoms with Gasteiger partial charge in [-0.2, -0.15) is 0 Å². The number of pyridine rings is 1. The average molecular weight is 318 g/mol. The maximum atomic E-state index is 12.2. The van der Waals surface area contributed by atoms with Crippen molar-refractivity contribution in [3.05, 3.63) is 30.1 Å². The Bertz CT molecular complexity index is 522. The lowest BCUT2D eigenvalue weighted by Gasteiger charge is -2.28. The Morgan fingerprint density at radius 2 is 2.35 bits per heavy atom. The minimum atomic E-state index is 0.116. The van der Waals surface area contributed by atoms with Crippen LogP contribution >= 0.6 is 0 Å². The first-order valence-electron chi connectivity index (χ1n) is 8.57. The van der Waals surface area contributed by atoms with Gasteiger partial charge in [0.25, 0.3) is 0 Å². The Balaban J connectivity index is 1.55. The predicted molar refractivity (Wildman–Crippen MR) is 86.7 cm³/mol. The van der Waals surface area contributed by atoms with Gasteiger partial charge in [-0.15, -0.1) is 0 Å². The number of aromatic nitrogens is 1. The highest BCUT2D eigenvalue weighted by Gasteiger charge is 2.50. The molecule has 1 aromatic heterocycles. The van der Waals surface area contributed by atoms with Gasteiger partial charge in [0.2, 0.25) is 5.91 Å². The molecule has 126 valence electrons. The average Bonchev–Trinajstić information content (AvgIpc) is 3.10. The maximum Gasteiger partial charge on any atom is 0.248 e. The third-order valence-corrected chi connectivity index (χ3v) is 5.19. The Labute approximate surface area is 138 Å². The van der Waals surface area contributed by atoms with Gasteiger partial charge in [0, 0.05) is 31.3 Å². The topological polar surface area (TPSA) is 51.7 Å². The molecule has 2 atom stereocenters. The quantitative estimate of drug-likeness (QED) is 0.774. The number of hydrogen-bond donors (Lipinski definition) is 0. The minimum absolute atomic E-state index is 0.116. The number of amides is 1. The second kappa shape index (κ2) is 7.41. The molecular formula is C18H26N2O3. The molecule has 2 heterocycles. The molecule has 0 N–H and O–H groups in total. The smallest absolute Gasteiger partial charge is 0.248 e. The Morgan fingerprint density at radius 3 is 3.13 bits per heavy atom. The molecule has 0 radical (unpaired) electrons. The van der Waals surface area contributed by atoms with Gasteiger partial charge in [-0.25, -0.2) is 0 Å². The third kappa shape index (κ3) is 3.72. The van der Waals surface area contributed by atoms with Gasteiger partial charge < -0.3 is 14.4 Å². The van der Waals surface area contributed by atoms with E-state index in [0.717, 1.165) is 25.2 Å². The molecule has 23 heavy (non-hydrogen) atoms. The number of fused-ring (bicyclic) bond motifs is 1. The van der Waals surface area contributed by atoms with E-state index < -0.39 is 0 Å². The molecule has 3 rings (SSSR count). The molecular weight excluding hydrogens is 292 g/mol. The van der Waals surface area contributed by atoms with Gasteiger partial charge >= 0.3 is 0 Å². The van der Waals surface area contributed by atoms with E-state index in [9.17, 15) is 4.79 Å². The monoisotopic (exact) mass is 318 g/mol. The number of carbonyl (C=O) groups is 1. The second-order valence-corrected chi connectivity index (χ2v) is 6.68. The highest BCUT2D eigenvalue weighted by molar-refractivity contribution is 5.78. The van der Waals surface area contributed by atoms with Crippen LogP contribution in [0.15, 0.2) is 24.4 Å². The first-order chi connectivity index (χ1) is 11.2. The summed E-state index contributed by atoms with van der Waals surface area (Å²) in [6.07, 6.45) is 5.38. The normalized spacial score (nSPS) is 26.5. The van der Waals surface area contributed by atoms with Crippen LogP contribution in [0.1, 0.15) is 31.9 Å². The van der Waals surface area contributed by atoms with Crippen molar-refractivity contribution < 1.29 is 14.3 Å². The summed E-state index contributed by atoms with van der Waals surface area (Å²) >= 11 is 0. The lowest BCUT2D eigenvalue weighted by Crippen LogP contribution is -2.36. The highest BCUT2D eigenvalue weighted by atomic mass is 16.5. The van der Waals surface area contributed by atoms with Crippen molar-refractivity contribution in [3.8, 4) is 0 Å². The van der Waals surface area contributed by atoms with Crippen molar-refractivity contribution in [1.29, 1.82) is 0 Å². The van der Waals surface area contributed by atoms with Crippen molar-refractivity contribution >= 4 is 5.91 Å². The highest BCUT2D eigenvalue weighted by Crippen LogP contribution is 2.48. The summed E-state index contributed by atoms with van der Waals surface area (Å²) in [5.74, 6) is 0.683. The first kappa shape index (κ1) is 16.4. The van der Waals surface area contributed by atoms with E-state index in [2.05, 4.69) is 4.98 Å². The van der Waals surface area contributed by atoms with Crippen LogP contribution in [-0.2, 0) is 20.9 Å². The van der Waals surface area contributed by atoms with Gasteiger partial charge in [-0.05, 0) is 37.8 Å². The van der Waals surface area contributed by atoms with E-state index in [1.807, 2.05) is 30.0 Å². The van der Waals surface area contributed by atoms with Crippen molar-refractivity contribution in [2.75, 3.05) is 32.9 Å². The molecule has 0 aromatic carbocycles. The zero-order valence-corrected chi connectivity index (χ0v) is 13.9. The summed E-state index contributed by atoms with van der Waals surface area (Å²) in [7, 11) is 0. The van der Waals surface area contributed by atoms with E-state index in [1.54, 1.807) is 6.20 Å². The van der Waals surface area contributed by atoms with Crippen LogP contribution in [0.3, 0.4) is 0 Å².